The molecule has 1 fully saturated rings. The highest BCUT2D eigenvalue weighted by Gasteiger charge is 2.26. The highest BCUT2D eigenvalue weighted by molar-refractivity contribution is 6.30. The molecule has 0 spiro atoms. The molecular weight excluding hydrogens is 410 g/mol. The molecule has 0 aliphatic heterocycles. The summed E-state index contributed by atoms with van der Waals surface area (Å²) in [5, 5.41) is 4.59. The van der Waals surface area contributed by atoms with Gasteiger partial charge in [-0.25, -0.2) is 4.79 Å². The molecule has 4 rings (SSSR count). The number of nitrogens with zero attached hydrogens (tertiary/aromatic N) is 1. The van der Waals surface area contributed by atoms with Crippen LogP contribution in [0.15, 0.2) is 47.3 Å². The maximum absolute atomic E-state index is 13.3. The van der Waals surface area contributed by atoms with Crippen molar-refractivity contribution in [3.8, 4) is 0 Å². The Labute approximate surface area is 187 Å². The molecule has 0 bridgehead atoms. The third-order valence-corrected chi connectivity index (χ3v) is 6.33. The van der Waals surface area contributed by atoms with Gasteiger partial charge in [0.05, 0.1) is 12.1 Å². The molecule has 1 aliphatic carbocycles. The van der Waals surface area contributed by atoms with Crippen LogP contribution in [0.25, 0.3) is 10.9 Å². The quantitative estimate of drug-likeness (QED) is 0.512. The Bertz CT molecular complexity index is 1150. The van der Waals surface area contributed by atoms with Crippen LogP contribution in [-0.4, -0.2) is 22.0 Å². The van der Waals surface area contributed by atoms with Gasteiger partial charge in [0.1, 0.15) is 0 Å². The first-order valence-corrected chi connectivity index (χ1v) is 11.2. The minimum Gasteiger partial charge on any atom is -0.321 e. The predicted octanol–water partition coefficient (Wildman–Crippen LogP) is 6.17. The first-order valence-electron chi connectivity index (χ1n) is 10.9. The van der Waals surface area contributed by atoms with Crippen LogP contribution in [0.5, 0.6) is 0 Å². The Balaban J connectivity index is 1.65. The lowest BCUT2D eigenvalue weighted by Crippen LogP contribution is -2.44. The SMILES string of the molecule is Cc1cc(C)c2[nH]c(=O)c(CN(C(=O)Nc3ccc(Cl)cc3)C3CCCCC3)cc2c1. The van der Waals surface area contributed by atoms with E-state index in [2.05, 4.69) is 22.4 Å². The van der Waals surface area contributed by atoms with Gasteiger partial charge in [0, 0.05) is 22.3 Å². The number of urea groups is 1. The van der Waals surface area contributed by atoms with E-state index in [0.29, 0.717) is 16.3 Å². The highest BCUT2D eigenvalue weighted by atomic mass is 35.5. The van der Waals surface area contributed by atoms with Crippen LogP contribution in [0.2, 0.25) is 5.02 Å². The molecule has 0 saturated heterocycles. The van der Waals surface area contributed by atoms with Gasteiger partial charge in [0.15, 0.2) is 0 Å². The number of halogens is 1. The van der Waals surface area contributed by atoms with Crippen molar-refractivity contribution in [3.63, 3.8) is 0 Å². The van der Waals surface area contributed by atoms with Crippen molar-refractivity contribution in [3.05, 3.63) is 74.5 Å². The number of rotatable bonds is 4. The van der Waals surface area contributed by atoms with Gasteiger partial charge in [-0.2, -0.15) is 0 Å². The predicted molar refractivity (Wildman–Crippen MR) is 127 cm³/mol. The Hall–Kier alpha value is -2.79. The van der Waals surface area contributed by atoms with Gasteiger partial charge < -0.3 is 15.2 Å². The van der Waals surface area contributed by atoms with Crippen molar-refractivity contribution in [2.45, 2.75) is 58.5 Å². The molecule has 31 heavy (non-hydrogen) atoms. The normalized spacial score (nSPS) is 14.5. The van der Waals surface area contributed by atoms with E-state index in [1.54, 1.807) is 24.3 Å². The van der Waals surface area contributed by atoms with E-state index in [-0.39, 0.29) is 24.2 Å². The fourth-order valence-electron chi connectivity index (χ4n) is 4.52. The van der Waals surface area contributed by atoms with Crippen LogP contribution in [0, 0.1) is 13.8 Å². The molecule has 2 amide bonds. The zero-order valence-corrected chi connectivity index (χ0v) is 18.8. The standard InChI is InChI=1S/C25H28ClN3O2/c1-16-12-17(2)23-18(13-16)14-19(24(30)28-23)15-29(22-6-4-3-5-7-22)25(31)27-21-10-8-20(26)9-11-21/h8-14,22H,3-7,15H2,1-2H3,(H,27,31)(H,28,30). The van der Waals surface area contributed by atoms with E-state index in [0.717, 1.165) is 47.7 Å². The van der Waals surface area contributed by atoms with E-state index < -0.39 is 0 Å². The van der Waals surface area contributed by atoms with E-state index >= 15 is 0 Å². The molecule has 1 aromatic heterocycles. The molecule has 1 aliphatic rings. The number of aryl methyl sites for hydroxylation is 2. The number of nitrogens with one attached hydrogen (secondary N) is 2. The van der Waals surface area contributed by atoms with Crippen molar-refractivity contribution < 1.29 is 4.79 Å². The molecule has 6 heteroatoms. The molecule has 162 valence electrons. The third-order valence-electron chi connectivity index (χ3n) is 6.08. The number of anilines is 1. The summed E-state index contributed by atoms with van der Waals surface area (Å²) < 4.78 is 0. The molecule has 1 heterocycles. The van der Waals surface area contributed by atoms with E-state index in [1.807, 2.05) is 24.8 Å². The number of benzene rings is 2. The van der Waals surface area contributed by atoms with Crippen LogP contribution in [0.1, 0.15) is 48.8 Å². The highest BCUT2D eigenvalue weighted by Crippen LogP contribution is 2.26. The van der Waals surface area contributed by atoms with Crippen molar-refractivity contribution in [1.29, 1.82) is 0 Å². The second-order valence-electron chi connectivity index (χ2n) is 8.53. The number of carbonyl (C=O) groups excluding carboxylic acids is 1. The smallest absolute Gasteiger partial charge is 0.321 e. The summed E-state index contributed by atoms with van der Waals surface area (Å²) in [6.07, 6.45) is 5.30. The van der Waals surface area contributed by atoms with E-state index in [4.69, 9.17) is 11.6 Å². The number of carbonyl (C=O) groups is 1. The topological polar surface area (TPSA) is 65.2 Å². The number of amides is 2. The number of aromatic nitrogens is 1. The Kier molecular flexibility index (Phi) is 6.33. The summed E-state index contributed by atoms with van der Waals surface area (Å²) in [5.41, 5.74) is 4.20. The van der Waals surface area contributed by atoms with Gasteiger partial charge in [0.2, 0.25) is 0 Å². The van der Waals surface area contributed by atoms with E-state index in [1.165, 1.54) is 6.42 Å². The molecule has 2 aromatic carbocycles. The average Bonchev–Trinajstić information content (AvgIpc) is 2.75. The second-order valence-corrected chi connectivity index (χ2v) is 8.96. The monoisotopic (exact) mass is 437 g/mol. The van der Waals surface area contributed by atoms with Gasteiger partial charge in [-0.1, -0.05) is 42.5 Å². The number of hydrogen-bond donors (Lipinski definition) is 2. The third kappa shape index (κ3) is 4.93. The second kappa shape index (κ2) is 9.15. The fourth-order valence-corrected chi connectivity index (χ4v) is 4.65. The van der Waals surface area contributed by atoms with E-state index in [9.17, 15) is 9.59 Å². The molecule has 3 aromatic rings. The molecule has 0 radical (unpaired) electrons. The van der Waals surface area contributed by atoms with Crippen LogP contribution < -0.4 is 10.9 Å². The summed E-state index contributed by atoms with van der Waals surface area (Å²) in [6.45, 7) is 4.33. The van der Waals surface area contributed by atoms with Gasteiger partial charge >= 0.3 is 6.03 Å². The number of H-pyrrole nitrogens is 1. The van der Waals surface area contributed by atoms with Crippen LogP contribution in [-0.2, 0) is 6.54 Å². The van der Waals surface area contributed by atoms with Crippen molar-refractivity contribution in [2.24, 2.45) is 0 Å². The molecule has 2 N–H and O–H groups in total. The largest absolute Gasteiger partial charge is 0.322 e. The molecule has 0 atom stereocenters. The minimum absolute atomic E-state index is 0.121. The van der Waals surface area contributed by atoms with Crippen LogP contribution in [0.4, 0.5) is 10.5 Å². The Morgan fingerprint density at radius 3 is 2.52 bits per heavy atom. The van der Waals surface area contributed by atoms with Crippen LogP contribution >= 0.6 is 11.6 Å². The van der Waals surface area contributed by atoms with Crippen molar-refractivity contribution in [1.82, 2.24) is 9.88 Å². The summed E-state index contributed by atoms with van der Waals surface area (Å²) >= 11 is 5.97. The zero-order chi connectivity index (χ0) is 22.0. The van der Waals surface area contributed by atoms with Gasteiger partial charge in [-0.3, -0.25) is 4.79 Å². The zero-order valence-electron chi connectivity index (χ0n) is 18.0. The molecule has 1 saturated carbocycles. The minimum atomic E-state index is -0.186. The number of fused-ring (bicyclic) bond motifs is 1. The van der Waals surface area contributed by atoms with Crippen molar-refractivity contribution in [2.75, 3.05) is 5.32 Å². The molecular formula is C25H28ClN3O2. The maximum atomic E-state index is 13.3. The fraction of sp³-hybridized carbons (Fsp3) is 0.360. The summed E-state index contributed by atoms with van der Waals surface area (Å²) in [5.74, 6) is 0. The number of hydrogen-bond acceptors (Lipinski definition) is 2. The van der Waals surface area contributed by atoms with Crippen LogP contribution in [0.3, 0.4) is 0 Å². The average molecular weight is 438 g/mol. The first kappa shape index (κ1) is 21.4. The first-order chi connectivity index (χ1) is 14.9. The van der Waals surface area contributed by atoms with Gasteiger partial charge in [0.25, 0.3) is 5.56 Å². The lowest BCUT2D eigenvalue weighted by atomic mass is 9.94. The lowest BCUT2D eigenvalue weighted by molar-refractivity contribution is 0.162. The number of aromatic amines is 1. The van der Waals surface area contributed by atoms with Crippen molar-refractivity contribution >= 4 is 34.2 Å². The summed E-state index contributed by atoms with van der Waals surface area (Å²) in [4.78, 5) is 31.0. The number of pyridine rings is 1. The molecule has 0 unspecified atom stereocenters. The summed E-state index contributed by atoms with van der Waals surface area (Å²) in [6, 6.07) is 13.1. The molecule has 5 nitrogen and oxygen atoms in total. The maximum Gasteiger partial charge on any atom is 0.322 e. The van der Waals surface area contributed by atoms with Gasteiger partial charge in [-0.15, -0.1) is 0 Å². The Morgan fingerprint density at radius 2 is 1.81 bits per heavy atom. The van der Waals surface area contributed by atoms with Gasteiger partial charge in [-0.05, 0) is 74.0 Å². The summed E-state index contributed by atoms with van der Waals surface area (Å²) in [7, 11) is 0. The Morgan fingerprint density at radius 1 is 1.10 bits per heavy atom. The lowest BCUT2D eigenvalue weighted by Gasteiger charge is -2.34.